The molecule has 1 amide bonds. The van der Waals surface area contributed by atoms with Crippen LogP contribution in [0.25, 0.3) is 0 Å². The lowest BCUT2D eigenvalue weighted by molar-refractivity contribution is -0.135. The third-order valence-corrected chi connectivity index (χ3v) is 5.87. The van der Waals surface area contributed by atoms with Gasteiger partial charge < -0.3 is 4.90 Å². The van der Waals surface area contributed by atoms with Gasteiger partial charge >= 0.3 is 0 Å². The van der Waals surface area contributed by atoms with E-state index in [9.17, 15) is 13.2 Å². The van der Waals surface area contributed by atoms with Gasteiger partial charge in [0.25, 0.3) is 0 Å². The summed E-state index contributed by atoms with van der Waals surface area (Å²) in [5.41, 5.74) is 2.96. The topological polar surface area (TPSA) is 80.5 Å². The van der Waals surface area contributed by atoms with E-state index < -0.39 is 10.0 Å². The largest absolute Gasteiger partial charge is 0.338 e. The summed E-state index contributed by atoms with van der Waals surface area (Å²) >= 11 is 5.90. The molecule has 1 unspecified atom stereocenters. The van der Waals surface area contributed by atoms with Crippen LogP contribution >= 0.6 is 11.6 Å². The van der Waals surface area contributed by atoms with Crippen molar-refractivity contribution in [1.82, 2.24) is 4.90 Å². The normalized spacial score (nSPS) is 15.4. The summed E-state index contributed by atoms with van der Waals surface area (Å²) in [6.45, 7) is 2.95. The number of nitrogens with zero attached hydrogens (tertiary/aromatic N) is 1. The highest BCUT2D eigenvalue weighted by molar-refractivity contribution is 7.89. The number of carbonyl (C=O) groups excluding carboxylic acids is 1. The van der Waals surface area contributed by atoms with Gasteiger partial charge in [0.2, 0.25) is 15.9 Å². The summed E-state index contributed by atoms with van der Waals surface area (Å²) in [7, 11) is -3.75. The monoisotopic (exact) mass is 392 g/mol. The van der Waals surface area contributed by atoms with E-state index in [1.54, 1.807) is 17.0 Å². The highest BCUT2D eigenvalue weighted by Crippen LogP contribution is 2.24. The number of hydrogen-bond acceptors (Lipinski definition) is 3. The van der Waals surface area contributed by atoms with Crippen molar-refractivity contribution in [2.75, 3.05) is 6.54 Å². The molecular formula is C19H21ClN2O3S. The van der Waals surface area contributed by atoms with Crippen LogP contribution < -0.4 is 5.14 Å². The molecule has 26 heavy (non-hydrogen) atoms. The zero-order valence-electron chi connectivity index (χ0n) is 14.5. The first-order chi connectivity index (χ1) is 12.2. The van der Waals surface area contributed by atoms with E-state index in [0.29, 0.717) is 31.0 Å². The number of rotatable bonds is 4. The second-order valence-electron chi connectivity index (χ2n) is 6.72. The van der Waals surface area contributed by atoms with Crippen LogP contribution in [0.2, 0.25) is 5.02 Å². The predicted octanol–water partition coefficient (Wildman–Crippen LogP) is 2.75. The maximum absolute atomic E-state index is 12.8. The molecule has 2 aromatic rings. The van der Waals surface area contributed by atoms with E-state index in [2.05, 4.69) is 0 Å². The Hall–Kier alpha value is -1.89. The summed E-state index contributed by atoms with van der Waals surface area (Å²) in [6.07, 6.45) is 1.34. The molecule has 0 saturated heterocycles. The molecule has 2 N–H and O–H groups in total. The summed E-state index contributed by atoms with van der Waals surface area (Å²) < 4.78 is 23.1. The van der Waals surface area contributed by atoms with Gasteiger partial charge in [-0.1, -0.05) is 36.7 Å². The number of halogens is 1. The van der Waals surface area contributed by atoms with Crippen molar-refractivity contribution in [3.8, 4) is 0 Å². The van der Waals surface area contributed by atoms with Crippen LogP contribution in [-0.4, -0.2) is 25.8 Å². The molecule has 0 saturated carbocycles. The minimum absolute atomic E-state index is 0.0617. The molecule has 1 atom stereocenters. The number of nitrogens with two attached hydrogens (primary N) is 1. The van der Waals surface area contributed by atoms with Gasteiger partial charge in [-0.2, -0.15) is 0 Å². The zero-order chi connectivity index (χ0) is 18.9. The first kappa shape index (κ1) is 18.9. The van der Waals surface area contributed by atoms with E-state index in [1.165, 1.54) is 6.07 Å². The summed E-state index contributed by atoms with van der Waals surface area (Å²) in [5, 5.41) is 5.88. The van der Waals surface area contributed by atoms with Crippen LogP contribution in [0.15, 0.2) is 47.4 Å². The fourth-order valence-corrected chi connectivity index (χ4v) is 3.96. The van der Waals surface area contributed by atoms with Crippen molar-refractivity contribution in [3.05, 3.63) is 64.2 Å². The molecule has 0 fully saturated rings. The molecule has 5 nitrogen and oxygen atoms in total. The molecule has 0 aromatic heterocycles. The average Bonchev–Trinajstić information content (AvgIpc) is 2.61. The number of fused-ring (bicyclic) bond motifs is 1. The molecule has 1 aliphatic rings. The summed E-state index contributed by atoms with van der Waals surface area (Å²) in [6, 6.07) is 12.4. The van der Waals surface area contributed by atoms with Gasteiger partial charge in [0.05, 0.1) is 4.90 Å². The molecule has 1 heterocycles. The maximum Gasteiger partial charge on any atom is 0.238 e. The highest BCUT2D eigenvalue weighted by Gasteiger charge is 2.25. The van der Waals surface area contributed by atoms with Crippen LogP contribution in [0.1, 0.15) is 23.6 Å². The van der Waals surface area contributed by atoms with Crippen molar-refractivity contribution in [2.45, 2.75) is 31.2 Å². The van der Waals surface area contributed by atoms with Gasteiger partial charge in [-0.25, -0.2) is 13.6 Å². The van der Waals surface area contributed by atoms with Crippen molar-refractivity contribution >= 4 is 27.5 Å². The van der Waals surface area contributed by atoms with Crippen LogP contribution in [0.3, 0.4) is 0 Å². The van der Waals surface area contributed by atoms with Crippen molar-refractivity contribution in [2.24, 2.45) is 11.1 Å². The molecule has 7 heteroatoms. The molecule has 3 rings (SSSR count). The third-order valence-electron chi connectivity index (χ3n) is 4.71. The molecule has 0 spiro atoms. The van der Waals surface area contributed by atoms with Gasteiger partial charge in [0.1, 0.15) is 0 Å². The standard InChI is InChI=1S/C19H21ClN2O3S/c1-13(10-14-2-5-17(20)6-3-14)19(23)22-9-8-15-4-7-18(26(21,24)25)11-16(15)12-22/h2-7,11,13H,8-10,12H2,1H3,(H2,21,24,25). The van der Waals surface area contributed by atoms with Crippen molar-refractivity contribution in [3.63, 3.8) is 0 Å². The van der Waals surface area contributed by atoms with Crippen LogP contribution in [-0.2, 0) is 34.2 Å². The SMILES string of the molecule is CC(Cc1ccc(Cl)cc1)C(=O)N1CCc2ccc(S(N)(=O)=O)cc2C1. The molecule has 0 bridgehead atoms. The third kappa shape index (κ3) is 4.26. The van der Waals surface area contributed by atoms with Crippen LogP contribution in [0.5, 0.6) is 0 Å². The van der Waals surface area contributed by atoms with Crippen molar-refractivity contribution < 1.29 is 13.2 Å². The molecule has 0 radical (unpaired) electrons. The Morgan fingerprint density at radius 2 is 1.88 bits per heavy atom. The Morgan fingerprint density at radius 1 is 1.19 bits per heavy atom. The molecular weight excluding hydrogens is 372 g/mol. The Morgan fingerprint density at radius 3 is 2.54 bits per heavy atom. The predicted molar refractivity (Wildman–Crippen MR) is 101 cm³/mol. The van der Waals surface area contributed by atoms with E-state index >= 15 is 0 Å². The Kier molecular flexibility index (Phi) is 5.37. The van der Waals surface area contributed by atoms with E-state index in [-0.39, 0.29) is 16.7 Å². The minimum atomic E-state index is -3.75. The lowest BCUT2D eigenvalue weighted by Crippen LogP contribution is -2.39. The minimum Gasteiger partial charge on any atom is -0.338 e. The van der Waals surface area contributed by atoms with E-state index in [1.807, 2.05) is 31.2 Å². The second kappa shape index (κ2) is 7.39. The highest BCUT2D eigenvalue weighted by atomic mass is 35.5. The van der Waals surface area contributed by atoms with Crippen LogP contribution in [0.4, 0.5) is 0 Å². The van der Waals surface area contributed by atoms with Gasteiger partial charge in [0.15, 0.2) is 0 Å². The lowest BCUT2D eigenvalue weighted by Gasteiger charge is -2.31. The Labute approximate surface area is 158 Å². The zero-order valence-corrected chi connectivity index (χ0v) is 16.1. The lowest BCUT2D eigenvalue weighted by atomic mass is 9.96. The molecule has 2 aromatic carbocycles. The number of primary sulfonamides is 1. The van der Waals surface area contributed by atoms with Gasteiger partial charge in [0, 0.05) is 24.0 Å². The molecule has 0 aliphatic carbocycles. The molecule has 1 aliphatic heterocycles. The molecule has 138 valence electrons. The van der Waals surface area contributed by atoms with Crippen LogP contribution in [0, 0.1) is 5.92 Å². The number of sulfonamides is 1. The average molecular weight is 393 g/mol. The van der Waals surface area contributed by atoms with Gasteiger partial charge in [-0.15, -0.1) is 0 Å². The Balaban J connectivity index is 1.72. The fraction of sp³-hybridized carbons (Fsp3) is 0.316. The van der Waals surface area contributed by atoms with E-state index in [4.69, 9.17) is 16.7 Å². The Bertz CT molecular complexity index is 926. The maximum atomic E-state index is 12.8. The number of amides is 1. The number of carbonyl (C=O) groups is 1. The first-order valence-electron chi connectivity index (χ1n) is 8.42. The summed E-state index contributed by atoms with van der Waals surface area (Å²) in [4.78, 5) is 14.7. The fourth-order valence-electron chi connectivity index (χ4n) is 3.27. The summed E-state index contributed by atoms with van der Waals surface area (Å²) in [5.74, 6) is -0.106. The van der Waals surface area contributed by atoms with Gasteiger partial charge in [-0.05, 0) is 53.8 Å². The second-order valence-corrected chi connectivity index (χ2v) is 8.71. The number of benzene rings is 2. The smallest absolute Gasteiger partial charge is 0.238 e. The quantitative estimate of drug-likeness (QED) is 0.868. The van der Waals surface area contributed by atoms with Crippen molar-refractivity contribution in [1.29, 1.82) is 0 Å². The van der Waals surface area contributed by atoms with E-state index in [0.717, 1.165) is 16.7 Å². The van der Waals surface area contributed by atoms with Gasteiger partial charge in [-0.3, -0.25) is 4.79 Å². The first-order valence-corrected chi connectivity index (χ1v) is 10.3. The number of hydrogen-bond donors (Lipinski definition) is 1.